The van der Waals surface area contributed by atoms with Gasteiger partial charge in [-0.05, 0) is 18.8 Å². The second-order valence-corrected chi connectivity index (χ2v) is 4.05. The first-order valence-electron chi connectivity index (χ1n) is 5.30. The predicted molar refractivity (Wildman–Crippen MR) is 56.2 cm³/mol. The highest BCUT2D eigenvalue weighted by Crippen LogP contribution is 2.22. The van der Waals surface area contributed by atoms with E-state index in [1.807, 2.05) is 0 Å². The van der Waals surface area contributed by atoms with Gasteiger partial charge >= 0.3 is 0 Å². The molecule has 5 heteroatoms. The predicted octanol–water partition coefficient (Wildman–Crippen LogP) is 0.267. The monoisotopic (exact) mass is 208 g/mol. The van der Waals surface area contributed by atoms with E-state index >= 15 is 0 Å². The van der Waals surface area contributed by atoms with E-state index in [9.17, 15) is 4.79 Å². The number of rotatable bonds is 3. The molecule has 1 saturated carbocycles. The maximum Gasteiger partial charge on any atom is 0.254 e. The van der Waals surface area contributed by atoms with Gasteiger partial charge in [-0.2, -0.15) is 5.10 Å². The number of carbonyl (C=O) groups is 1. The summed E-state index contributed by atoms with van der Waals surface area (Å²) >= 11 is 0. The van der Waals surface area contributed by atoms with Gasteiger partial charge in [-0.1, -0.05) is 6.42 Å². The van der Waals surface area contributed by atoms with Gasteiger partial charge in [-0.25, -0.2) is 0 Å². The average Bonchev–Trinajstić information content (AvgIpc) is 2.85. The fraction of sp³-hybridized carbons (Fsp3) is 0.600. The summed E-state index contributed by atoms with van der Waals surface area (Å²) in [4.78, 5) is 11.6. The summed E-state index contributed by atoms with van der Waals surface area (Å²) in [6.45, 7) is 0.672. The molecule has 0 radical (unpaired) electrons. The van der Waals surface area contributed by atoms with Crippen molar-refractivity contribution in [2.45, 2.75) is 25.3 Å². The van der Waals surface area contributed by atoms with Crippen LogP contribution in [0.25, 0.3) is 0 Å². The SMILES string of the molecule is NC1CCCC1CNC(=O)c1cn[nH]c1. The topological polar surface area (TPSA) is 83.8 Å². The van der Waals surface area contributed by atoms with Gasteiger partial charge in [0, 0.05) is 18.8 Å². The van der Waals surface area contributed by atoms with Gasteiger partial charge < -0.3 is 11.1 Å². The molecular formula is C10H16N4O. The third-order valence-electron chi connectivity index (χ3n) is 3.00. The summed E-state index contributed by atoms with van der Waals surface area (Å²) < 4.78 is 0. The number of nitrogens with one attached hydrogen (secondary N) is 2. The number of H-pyrrole nitrogens is 1. The molecule has 5 nitrogen and oxygen atoms in total. The van der Waals surface area contributed by atoms with Crippen LogP contribution in [0.2, 0.25) is 0 Å². The second kappa shape index (κ2) is 4.44. The molecule has 2 atom stereocenters. The zero-order valence-electron chi connectivity index (χ0n) is 8.57. The molecule has 1 amide bonds. The highest BCUT2D eigenvalue weighted by Gasteiger charge is 2.24. The van der Waals surface area contributed by atoms with Crippen molar-refractivity contribution in [3.63, 3.8) is 0 Å². The first-order valence-corrected chi connectivity index (χ1v) is 5.30. The van der Waals surface area contributed by atoms with Crippen molar-refractivity contribution in [3.05, 3.63) is 18.0 Å². The van der Waals surface area contributed by atoms with Gasteiger partial charge in [0.05, 0.1) is 11.8 Å². The van der Waals surface area contributed by atoms with Crippen LogP contribution in [0.4, 0.5) is 0 Å². The molecule has 1 aromatic rings. The quantitative estimate of drug-likeness (QED) is 0.666. The van der Waals surface area contributed by atoms with Crippen LogP contribution in [0.5, 0.6) is 0 Å². The smallest absolute Gasteiger partial charge is 0.254 e. The first-order chi connectivity index (χ1) is 7.27. The van der Waals surface area contributed by atoms with Crippen molar-refractivity contribution in [3.8, 4) is 0 Å². The average molecular weight is 208 g/mol. The number of amides is 1. The van der Waals surface area contributed by atoms with E-state index < -0.39 is 0 Å². The summed E-state index contributed by atoms with van der Waals surface area (Å²) in [7, 11) is 0. The van der Waals surface area contributed by atoms with Crippen LogP contribution in [-0.4, -0.2) is 28.7 Å². The normalized spacial score (nSPS) is 25.4. The van der Waals surface area contributed by atoms with Crippen molar-refractivity contribution < 1.29 is 4.79 Å². The first kappa shape index (κ1) is 10.2. The summed E-state index contributed by atoms with van der Waals surface area (Å²) in [5.74, 6) is 0.351. The minimum absolute atomic E-state index is 0.0807. The lowest BCUT2D eigenvalue weighted by Crippen LogP contribution is -2.35. The Morgan fingerprint density at radius 1 is 1.67 bits per heavy atom. The lowest BCUT2D eigenvalue weighted by Gasteiger charge is -2.15. The number of aromatic nitrogens is 2. The van der Waals surface area contributed by atoms with Crippen molar-refractivity contribution in [1.82, 2.24) is 15.5 Å². The molecule has 1 fully saturated rings. The van der Waals surface area contributed by atoms with Crippen LogP contribution in [-0.2, 0) is 0 Å². The fourth-order valence-electron chi connectivity index (χ4n) is 2.02. The molecule has 4 N–H and O–H groups in total. The van der Waals surface area contributed by atoms with Crippen molar-refractivity contribution in [2.75, 3.05) is 6.54 Å². The van der Waals surface area contributed by atoms with Crippen LogP contribution in [0.1, 0.15) is 29.6 Å². The minimum atomic E-state index is -0.0807. The molecule has 15 heavy (non-hydrogen) atoms. The van der Waals surface area contributed by atoms with Crippen LogP contribution in [0.3, 0.4) is 0 Å². The van der Waals surface area contributed by atoms with Gasteiger partial charge in [0.1, 0.15) is 0 Å². The van der Waals surface area contributed by atoms with Crippen LogP contribution in [0, 0.1) is 5.92 Å². The second-order valence-electron chi connectivity index (χ2n) is 4.05. The Labute approximate surface area is 88.4 Å². The third-order valence-corrected chi connectivity index (χ3v) is 3.00. The van der Waals surface area contributed by atoms with Crippen molar-refractivity contribution >= 4 is 5.91 Å². The zero-order valence-corrected chi connectivity index (χ0v) is 8.57. The van der Waals surface area contributed by atoms with Crippen LogP contribution < -0.4 is 11.1 Å². The Kier molecular flexibility index (Phi) is 3.01. The number of carbonyl (C=O) groups excluding carboxylic acids is 1. The summed E-state index contributed by atoms with van der Waals surface area (Å²) in [6, 6.07) is 0.245. The molecule has 2 unspecified atom stereocenters. The Bertz CT molecular complexity index is 322. The van der Waals surface area contributed by atoms with E-state index in [0.717, 1.165) is 12.8 Å². The maximum atomic E-state index is 11.6. The molecule has 0 aliphatic heterocycles. The molecule has 2 rings (SSSR count). The van der Waals surface area contributed by atoms with Gasteiger partial charge in [-0.3, -0.25) is 9.89 Å². The Morgan fingerprint density at radius 2 is 2.53 bits per heavy atom. The molecule has 82 valence electrons. The number of nitrogens with two attached hydrogens (primary N) is 1. The Balaban J connectivity index is 1.81. The van der Waals surface area contributed by atoms with Gasteiger partial charge in [-0.15, -0.1) is 0 Å². The molecule has 0 spiro atoms. The van der Waals surface area contributed by atoms with E-state index in [1.165, 1.54) is 12.6 Å². The Morgan fingerprint density at radius 3 is 3.13 bits per heavy atom. The third kappa shape index (κ3) is 2.36. The number of nitrogens with zero attached hydrogens (tertiary/aromatic N) is 1. The lowest BCUT2D eigenvalue weighted by atomic mass is 10.0. The molecule has 1 aliphatic carbocycles. The zero-order chi connectivity index (χ0) is 10.7. The van der Waals surface area contributed by atoms with Gasteiger partial charge in [0.25, 0.3) is 5.91 Å². The number of hydrogen-bond acceptors (Lipinski definition) is 3. The van der Waals surface area contributed by atoms with Crippen molar-refractivity contribution in [1.29, 1.82) is 0 Å². The summed E-state index contributed by atoms with van der Waals surface area (Å²) in [6.07, 6.45) is 6.47. The van der Waals surface area contributed by atoms with Crippen molar-refractivity contribution in [2.24, 2.45) is 11.7 Å². The highest BCUT2D eigenvalue weighted by atomic mass is 16.1. The molecule has 0 bridgehead atoms. The van der Waals surface area contributed by atoms with E-state index in [1.54, 1.807) is 6.20 Å². The van der Waals surface area contributed by atoms with E-state index in [-0.39, 0.29) is 11.9 Å². The van der Waals surface area contributed by atoms with Crippen LogP contribution >= 0.6 is 0 Å². The Hall–Kier alpha value is -1.36. The van der Waals surface area contributed by atoms with E-state index in [2.05, 4.69) is 15.5 Å². The van der Waals surface area contributed by atoms with Crippen LogP contribution in [0.15, 0.2) is 12.4 Å². The molecule has 0 saturated heterocycles. The number of aromatic amines is 1. The van der Waals surface area contributed by atoms with Gasteiger partial charge in [0.15, 0.2) is 0 Å². The molecule has 1 aliphatic rings. The van der Waals surface area contributed by atoms with Gasteiger partial charge in [0.2, 0.25) is 0 Å². The van der Waals surface area contributed by atoms with E-state index in [4.69, 9.17) is 5.73 Å². The largest absolute Gasteiger partial charge is 0.352 e. The minimum Gasteiger partial charge on any atom is -0.352 e. The summed E-state index contributed by atoms with van der Waals surface area (Å²) in [5.41, 5.74) is 6.48. The molecular weight excluding hydrogens is 192 g/mol. The molecule has 0 aromatic carbocycles. The van der Waals surface area contributed by atoms with E-state index in [0.29, 0.717) is 18.0 Å². The fourth-order valence-corrected chi connectivity index (χ4v) is 2.02. The molecule has 1 heterocycles. The maximum absolute atomic E-state index is 11.6. The highest BCUT2D eigenvalue weighted by molar-refractivity contribution is 5.93. The number of hydrogen-bond donors (Lipinski definition) is 3. The lowest BCUT2D eigenvalue weighted by molar-refractivity contribution is 0.0946. The summed E-state index contributed by atoms with van der Waals surface area (Å²) in [5, 5.41) is 9.22. The standard InChI is InChI=1S/C10H16N4O/c11-9-3-1-2-7(9)4-12-10(15)8-5-13-14-6-8/h5-7,9H,1-4,11H2,(H,12,15)(H,13,14). The molecule has 1 aromatic heterocycles.